The number of hydrogen-bond donors (Lipinski definition) is 0. The van der Waals surface area contributed by atoms with Gasteiger partial charge < -0.3 is 4.74 Å². The average molecular weight is 428 g/mol. The lowest BCUT2D eigenvalue weighted by atomic mass is 10.1. The van der Waals surface area contributed by atoms with Gasteiger partial charge in [0.2, 0.25) is 0 Å². The quantitative estimate of drug-likeness (QED) is 0.162. The Bertz CT molecular complexity index is 691. The Kier molecular flexibility index (Phi) is 15.5. The third kappa shape index (κ3) is 13.3. The van der Waals surface area contributed by atoms with Gasteiger partial charge in [0.25, 0.3) is 0 Å². The molecule has 0 fully saturated rings. The number of rotatable bonds is 16. The van der Waals surface area contributed by atoms with Gasteiger partial charge >= 0.3 is 5.97 Å². The van der Waals surface area contributed by atoms with Gasteiger partial charge in [-0.15, -0.1) is 0 Å². The summed E-state index contributed by atoms with van der Waals surface area (Å²) in [6, 6.07) is 9.95. The molecule has 1 atom stereocenters. The molecule has 0 heterocycles. The van der Waals surface area contributed by atoms with Gasteiger partial charge in [-0.2, -0.15) is 17.0 Å². The molecule has 0 spiro atoms. The Labute approximate surface area is 187 Å². The van der Waals surface area contributed by atoms with Crippen LogP contribution in [0, 0.1) is 11.3 Å². The summed E-state index contributed by atoms with van der Waals surface area (Å²) in [7, 11) is 1.42. The van der Waals surface area contributed by atoms with Crippen LogP contribution in [-0.4, -0.2) is 24.1 Å². The standard InChI is InChI=1S/C26H37NO2S/c1-3-4-5-6-7-8-9-10-11-12-13-17-25(30-19-18-26(28)29-2)21-23-15-14-16-24(20-23)22-27/h11-17,20,25H,3-10,18-19,21H2,1-2H3/b12-11+,17-13+. The minimum Gasteiger partial charge on any atom is -0.469 e. The van der Waals surface area contributed by atoms with Crippen molar-refractivity contribution < 1.29 is 9.53 Å². The van der Waals surface area contributed by atoms with Crippen molar-refractivity contribution in [2.45, 2.75) is 76.4 Å². The van der Waals surface area contributed by atoms with Crippen LogP contribution in [0.3, 0.4) is 0 Å². The van der Waals surface area contributed by atoms with Crippen LogP contribution in [0.1, 0.15) is 75.8 Å². The van der Waals surface area contributed by atoms with Crippen LogP contribution in [-0.2, 0) is 16.0 Å². The van der Waals surface area contributed by atoms with E-state index in [0.29, 0.717) is 12.0 Å². The van der Waals surface area contributed by atoms with Crippen molar-refractivity contribution in [3.05, 3.63) is 59.7 Å². The van der Waals surface area contributed by atoms with E-state index >= 15 is 0 Å². The summed E-state index contributed by atoms with van der Waals surface area (Å²) in [6.45, 7) is 2.25. The molecular formula is C26H37NO2S. The number of carbonyl (C=O) groups excluding carboxylic acids is 1. The third-order valence-corrected chi connectivity index (χ3v) is 6.10. The summed E-state index contributed by atoms with van der Waals surface area (Å²) in [5, 5.41) is 9.37. The first-order valence-electron chi connectivity index (χ1n) is 11.2. The number of methoxy groups -OCH3 is 1. The SMILES string of the molecule is CCCCCCCCC/C=C/C=C/C(Cc1cccc(C#N)c1)SCCC(=O)OC. The fraction of sp³-hybridized carbons (Fsp3) is 0.538. The number of nitrogens with zero attached hydrogens (tertiary/aromatic N) is 1. The number of thioether (sulfide) groups is 1. The zero-order valence-corrected chi connectivity index (χ0v) is 19.5. The van der Waals surface area contributed by atoms with E-state index < -0.39 is 0 Å². The summed E-state index contributed by atoms with van der Waals surface area (Å²) in [6.07, 6.45) is 20.4. The maximum absolute atomic E-state index is 11.4. The van der Waals surface area contributed by atoms with Crippen molar-refractivity contribution in [1.29, 1.82) is 5.26 Å². The lowest BCUT2D eigenvalue weighted by molar-refractivity contribution is -0.140. The Hall–Kier alpha value is -1.99. The number of esters is 1. The molecule has 4 heteroatoms. The van der Waals surface area contributed by atoms with E-state index in [0.717, 1.165) is 24.2 Å². The van der Waals surface area contributed by atoms with Gasteiger partial charge in [-0.1, -0.05) is 81.9 Å². The molecule has 0 N–H and O–H groups in total. The Balaban J connectivity index is 2.45. The molecule has 30 heavy (non-hydrogen) atoms. The molecule has 0 aromatic heterocycles. The minimum absolute atomic E-state index is 0.175. The number of hydrogen-bond acceptors (Lipinski definition) is 4. The predicted molar refractivity (Wildman–Crippen MR) is 129 cm³/mol. The highest BCUT2D eigenvalue weighted by Crippen LogP contribution is 2.20. The molecule has 1 unspecified atom stereocenters. The average Bonchev–Trinajstić information content (AvgIpc) is 2.77. The molecule has 1 aromatic carbocycles. The third-order valence-electron chi connectivity index (χ3n) is 4.91. The topological polar surface area (TPSA) is 50.1 Å². The Morgan fingerprint density at radius 1 is 1.17 bits per heavy atom. The molecule has 0 aliphatic heterocycles. The van der Waals surface area contributed by atoms with E-state index in [1.54, 1.807) is 11.8 Å². The van der Waals surface area contributed by atoms with Gasteiger partial charge in [0.05, 0.1) is 25.2 Å². The minimum atomic E-state index is -0.175. The van der Waals surface area contributed by atoms with Gasteiger partial charge in [-0.25, -0.2) is 0 Å². The molecule has 164 valence electrons. The fourth-order valence-electron chi connectivity index (χ4n) is 3.16. The van der Waals surface area contributed by atoms with Gasteiger partial charge in [0.15, 0.2) is 0 Å². The largest absolute Gasteiger partial charge is 0.469 e. The number of unbranched alkanes of at least 4 members (excludes halogenated alkanes) is 7. The molecule has 0 aliphatic carbocycles. The number of allylic oxidation sites excluding steroid dienone is 3. The van der Waals surface area contributed by atoms with Crippen molar-refractivity contribution >= 4 is 17.7 Å². The summed E-state index contributed by atoms with van der Waals surface area (Å²) < 4.78 is 4.74. The van der Waals surface area contributed by atoms with E-state index in [4.69, 9.17) is 10.00 Å². The van der Waals surface area contributed by atoms with Gasteiger partial charge in [-0.05, 0) is 37.0 Å². The smallest absolute Gasteiger partial charge is 0.306 e. The number of benzene rings is 1. The molecule has 0 bridgehead atoms. The normalized spacial score (nSPS) is 12.3. The summed E-state index contributed by atoms with van der Waals surface area (Å²) in [5.74, 6) is 0.549. The highest BCUT2D eigenvalue weighted by molar-refractivity contribution is 8.00. The molecule has 0 saturated carbocycles. The first-order valence-corrected chi connectivity index (χ1v) is 12.2. The Morgan fingerprint density at radius 3 is 2.67 bits per heavy atom. The van der Waals surface area contributed by atoms with E-state index in [1.165, 1.54) is 52.1 Å². The van der Waals surface area contributed by atoms with E-state index in [2.05, 4.69) is 43.4 Å². The maximum atomic E-state index is 11.4. The van der Waals surface area contributed by atoms with Gasteiger partial charge in [0.1, 0.15) is 0 Å². The Morgan fingerprint density at radius 2 is 1.93 bits per heavy atom. The van der Waals surface area contributed by atoms with Crippen LogP contribution in [0.15, 0.2) is 48.6 Å². The zero-order valence-electron chi connectivity index (χ0n) is 18.6. The van der Waals surface area contributed by atoms with Crippen LogP contribution >= 0.6 is 11.8 Å². The van der Waals surface area contributed by atoms with Crippen LogP contribution in [0.25, 0.3) is 0 Å². The van der Waals surface area contributed by atoms with Gasteiger partial charge in [0, 0.05) is 11.0 Å². The summed E-state index contributed by atoms with van der Waals surface area (Å²) in [4.78, 5) is 11.4. The van der Waals surface area contributed by atoms with Crippen molar-refractivity contribution in [1.82, 2.24) is 0 Å². The molecule has 1 aromatic rings. The molecular weight excluding hydrogens is 390 g/mol. The second kappa shape index (κ2) is 17.8. The fourth-order valence-corrected chi connectivity index (χ4v) is 4.26. The highest BCUT2D eigenvalue weighted by atomic mass is 32.2. The second-order valence-electron chi connectivity index (χ2n) is 7.47. The molecule has 0 saturated heterocycles. The molecule has 0 aliphatic rings. The van der Waals surface area contributed by atoms with Crippen molar-refractivity contribution in [3.8, 4) is 6.07 Å². The second-order valence-corrected chi connectivity index (χ2v) is 8.82. The van der Waals surface area contributed by atoms with Crippen molar-refractivity contribution in [3.63, 3.8) is 0 Å². The highest BCUT2D eigenvalue weighted by Gasteiger charge is 2.09. The molecule has 1 rings (SSSR count). The maximum Gasteiger partial charge on any atom is 0.306 e. The first-order chi connectivity index (χ1) is 14.7. The van der Waals surface area contributed by atoms with Crippen LogP contribution in [0.4, 0.5) is 0 Å². The lowest BCUT2D eigenvalue weighted by Crippen LogP contribution is -2.08. The molecule has 0 amide bonds. The first kappa shape index (κ1) is 26.0. The van der Waals surface area contributed by atoms with E-state index in [1.807, 2.05) is 18.2 Å². The van der Waals surface area contributed by atoms with E-state index in [9.17, 15) is 4.79 Å². The van der Waals surface area contributed by atoms with Gasteiger partial charge in [-0.3, -0.25) is 4.79 Å². The summed E-state index contributed by atoms with van der Waals surface area (Å²) >= 11 is 1.75. The number of ether oxygens (including phenoxy) is 1. The lowest BCUT2D eigenvalue weighted by Gasteiger charge is -2.12. The number of nitriles is 1. The summed E-state index contributed by atoms with van der Waals surface area (Å²) in [5.41, 5.74) is 1.82. The predicted octanol–water partition coefficient (Wildman–Crippen LogP) is 7.02. The number of carbonyl (C=O) groups is 1. The molecule has 3 nitrogen and oxygen atoms in total. The van der Waals surface area contributed by atoms with Crippen molar-refractivity contribution in [2.24, 2.45) is 0 Å². The van der Waals surface area contributed by atoms with Crippen LogP contribution in [0.5, 0.6) is 0 Å². The van der Waals surface area contributed by atoms with Crippen molar-refractivity contribution in [2.75, 3.05) is 12.9 Å². The van der Waals surface area contributed by atoms with Crippen LogP contribution in [0.2, 0.25) is 0 Å². The monoisotopic (exact) mass is 427 g/mol. The van der Waals surface area contributed by atoms with Crippen LogP contribution < -0.4 is 0 Å². The van der Waals surface area contributed by atoms with E-state index in [-0.39, 0.29) is 11.2 Å². The molecule has 0 radical (unpaired) electrons. The zero-order chi connectivity index (χ0) is 21.9.